The van der Waals surface area contributed by atoms with E-state index in [2.05, 4.69) is 22.0 Å². The molecule has 3 fully saturated rings. The molecule has 0 aromatic heterocycles. The van der Waals surface area contributed by atoms with E-state index < -0.39 is 0 Å². The molecule has 5 heteroatoms. The molecule has 5 nitrogen and oxygen atoms in total. The van der Waals surface area contributed by atoms with E-state index in [1.54, 1.807) is 0 Å². The van der Waals surface area contributed by atoms with Crippen LogP contribution in [0.25, 0.3) is 0 Å². The second kappa shape index (κ2) is 8.63. The van der Waals surface area contributed by atoms with Gasteiger partial charge < -0.3 is 15.0 Å². The van der Waals surface area contributed by atoms with Crippen LogP contribution in [0, 0.1) is 11.3 Å². The molecule has 3 aliphatic rings. The Morgan fingerprint density at radius 1 is 1.12 bits per heavy atom. The first-order chi connectivity index (χ1) is 11.7. The number of nitrogens with zero attached hydrogens (tertiary/aromatic N) is 2. The predicted molar refractivity (Wildman–Crippen MR) is 96.0 cm³/mol. The van der Waals surface area contributed by atoms with Crippen molar-refractivity contribution < 1.29 is 9.53 Å². The smallest absolute Gasteiger partial charge is 0.225 e. The maximum Gasteiger partial charge on any atom is 0.225 e. The maximum atomic E-state index is 12.5. The van der Waals surface area contributed by atoms with Gasteiger partial charge in [-0.15, -0.1) is 0 Å². The average Bonchev–Trinajstić information content (AvgIpc) is 3.14. The molecule has 138 valence electrons. The lowest BCUT2D eigenvalue weighted by Gasteiger charge is -2.37. The summed E-state index contributed by atoms with van der Waals surface area (Å²) in [6, 6.07) is 0. The topological polar surface area (TPSA) is 44.8 Å². The van der Waals surface area contributed by atoms with Crippen molar-refractivity contribution in [2.75, 3.05) is 59.0 Å². The molecule has 1 aliphatic carbocycles. The van der Waals surface area contributed by atoms with Gasteiger partial charge in [0.05, 0.1) is 0 Å². The molecule has 2 saturated heterocycles. The van der Waals surface area contributed by atoms with Gasteiger partial charge in [-0.1, -0.05) is 19.8 Å². The number of hydrogen-bond donors (Lipinski definition) is 1. The second-order valence-electron chi connectivity index (χ2n) is 8.25. The fourth-order valence-electron chi connectivity index (χ4n) is 4.29. The quantitative estimate of drug-likeness (QED) is 0.750. The number of hydrogen-bond acceptors (Lipinski definition) is 4. The summed E-state index contributed by atoms with van der Waals surface area (Å²) in [4.78, 5) is 17.1. The van der Waals surface area contributed by atoms with Crippen molar-refractivity contribution >= 4 is 5.91 Å². The van der Waals surface area contributed by atoms with Gasteiger partial charge in [0.2, 0.25) is 5.91 Å². The van der Waals surface area contributed by atoms with Crippen LogP contribution in [-0.4, -0.2) is 74.7 Å². The van der Waals surface area contributed by atoms with Crippen LogP contribution >= 0.6 is 0 Å². The lowest BCUT2D eigenvalue weighted by Crippen LogP contribution is -2.51. The lowest BCUT2D eigenvalue weighted by atomic mass is 9.82. The zero-order chi connectivity index (χ0) is 16.8. The predicted octanol–water partition coefficient (Wildman–Crippen LogP) is 1.73. The van der Waals surface area contributed by atoms with E-state index in [1.807, 2.05) is 0 Å². The van der Waals surface area contributed by atoms with Crippen LogP contribution in [0.15, 0.2) is 0 Å². The zero-order valence-electron chi connectivity index (χ0n) is 15.4. The van der Waals surface area contributed by atoms with E-state index in [0.29, 0.717) is 17.2 Å². The Labute approximate surface area is 147 Å². The molecule has 3 rings (SSSR count). The molecule has 2 heterocycles. The third-order valence-electron chi connectivity index (χ3n) is 6.24. The molecular weight excluding hydrogens is 302 g/mol. The SMILES string of the molecule is CC1(CNCCN2CCN(C(=O)C3CCCC3)CC2)CCOCC1. The Morgan fingerprint density at radius 2 is 1.79 bits per heavy atom. The summed E-state index contributed by atoms with van der Waals surface area (Å²) in [5.74, 6) is 0.760. The number of piperazine rings is 1. The molecule has 0 radical (unpaired) electrons. The Hall–Kier alpha value is -0.650. The van der Waals surface area contributed by atoms with Gasteiger partial charge in [0.15, 0.2) is 0 Å². The zero-order valence-corrected chi connectivity index (χ0v) is 15.4. The van der Waals surface area contributed by atoms with Crippen molar-refractivity contribution in [2.24, 2.45) is 11.3 Å². The number of carbonyl (C=O) groups is 1. The molecule has 24 heavy (non-hydrogen) atoms. The van der Waals surface area contributed by atoms with Gasteiger partial charge in [-0.2, -0.15) is 0 Å². The summed E-state index contributed by atoms with van der Waals surface area (Å²) in [7, 11) is 0. The van der Waals surface area contributed by atoms with Gasteiger partial charge in [0.25, 0.3) is 0 Å². The van der Waals surface area contributed by atoms with Crippen LogP contribution in [0.4, 0.5) is 0 Å². The fourth-order valence-corrected chi connectivity index (χ4v) is 4.29. The average molecular weight is 338 g/mol. The van der Waals surface area contributed by atoms with E-state index in [-0.39, 0.29) is 0 Å². The van der Waals surface area contributed by atoms with Crippen molar-refractivity contribution in [1.29, 1.82) is 0 Å². The van der Waals surface area contributed by atoms with Crippen molar-refractivity contribution in [3.05, 3.63) is 0 Å². The summed E-state index contributed by atoms with van der Waals surface area (Å²) in [6.45, 7) is 11.3. The van der Waals surface area contributed by atoms with Crippen molar-refractivity contribution in [3.8, 4) is 0 Å². The molecule has 0 spiro atoms. The fraction of sp³-hybridized carbons (Fsp3) is 0.947. The Balaban J connectivity index is 1.29. The highest BCUT2D eigenvalue weighted by atomic mass is 16.5. The number of ether oxygens (including phenoxy) is 1. The summed E-state index contributed by atoms with van der Waals surface area (Å²) in [5, 5.41) is 3.64. The molecule has 1 saturated carbocycles. The lowest BCUT2D eigenvalue weighted by molar-refractivity contribution is -0.137. The molecule has 0 bridgehead atoms. The van der Waals surface area contributed by atoms with Gasteiger partial charge >= 0.3 is 0 Å². The molecule has 0 aromatic rings. The first-order valence-electron chi connectivity index (χ1n) is 9.96. The van der Waals surface area contributed by atoms with E-state index in [1.165, 1.54) is 25.7 Å². The standard InChI is InChI=1S/C19H35N3O2/c1-19(6-14-24-15-7-19)16-20-8-9-21-10-12-22(13-11-21)18(23)17-4-2-3-5-17/h17,20H,2-16H2,1H3. The summed E-state index contributed by atoms with van der Waals surface area (Å²) < 4.78 is 5.46. The highest BCUT2D eigenvalue weighted by Gasteiger charge is 2.29. The number of carbonyl (C=O) groups excluding carboxylic acids is 1. The number of nitrogens with one attached hydrogen (secondary N) is 1. The first-order valence-corrected chi connectivity index (χ1v) is 9.96. The summed E-state index contributed by atoms with van der Waals surface area (Å²) in [6.07, 6.45) is 7.06. The minimum atomic E-state index is 0.332. The normalized spacial score (nSPS) is 26.0. The molecule has 0 atom stereocenters. The Morgan fingerprint density at radius 3 is 2.46 bits per heavy atom. The van der Waals surface area contributed by atoms with Gasteiger partial charge in [0.1, 0.15) is 0 Å². The van der Waals surface area contributed by atoms with E-state index >= 15 is 0 Å². The molecule has 0 aromatic carbocycles. The number of amides is 1. The van der Waals surface area contributed by atoms with E-state index in [4.69, 9.17) is 4.74 Å². The summed E-state index contributed by atoms with van der Waals surface area (Å²) >= 11 is 0. The molecule has 1 N–H and O–H groups in total. The van der Waals surface area contributed by atoms with E-state index in [9.17, 15) is 4.79 Å². The Kier molecular flexibility index (Phi) is 6.53. The molecule has 1 amide bonds. The molecule has 0 unspecified atom stereocenters. The van der Waals surface area contributed by atoms with Crippen molar-refractivity contribution in [3.63, 3.8) is 0 Å². The van der Waals surface area contributed by atoms with Gasteiger partial charge in [-0.05, 0) is 31.1 Å². The minimum Gasteiger partial charge on any atom is -0.381 e. The van der Waals surface area contributed by atoms with Crippen LogP contribution in [0.2, 0.25) is 0 Å². The van der Waals surface area contributed by atoms with Crippen LogP contribution < -0.4 is 5.32 Å². The van der Waals surface area contributed by atoms with Crippen molar-refractivity contribution in [1.82, 2.24) is 15.1 Å². The minimum absolute atomic E-state index is 0.332. The molecule has 2 aliphatic heterocycles. The van der Waals surface area contributed by atoms with Crippen LogP contribution in [0.5, 0.6) is 0 Å². The van der Waals surface area contributed by atoms with Gasteiger partial charge in [-0.3, -0.25) is 9.69 Å². The largest absolute Gasteiger partial charge is 0.381 e. The van der Waals surface area contributed by atoms with Crippen LogP contribution in [0.3, 0.4) is 0 Å². The van der Waals surface area contributed by atoms with Gasteiger partial charge in [-0.25, -0.2) is 0 Å². The highest BCUT2D eigenvalue weighted by Crippen LogP contribution is 2.28. The third-order valence-corrected chi connectivity index (χ3v) is 6.24. The van der Waals surface area contributed by atoms with Crippen LogP contribution in [0.1, 0.15) is 45.4 Å². The van der Waals surface area contributed by atoms with Gasteiger partial charge in [0, 0.05) is 64.9 Å². The monoisotopic (exact) mass is 337 g/mol. The molecular formula is C19H35N3O2. The third kappa shape index (κ3) is 4.93. The van der Waals surface area contributed by atoms with E-state index in [0.717, 1.165) is 71.9 Å². The maximum absolute atomic E-state index is 12.5. The summed E-state index contributed by atoms with van der Waals surface area (Å²) in [5.41, 5.74) is 0.407. The van der Waals surface area contributed by atoms with Crippen LogP contribution in [-0.2, 0) is 9.53 Å². The van der Waals surface area contributed by atoms with Crippen molar-refractivity contribution in [2.45, 2.75) is 45.4 Å². The second-order valence-corrected chi connectivity index (χ2v) is 8.25. The first kappa shape index (κ1) is 18.2. The Bertz CT molecular complexity index is 395. The highest BCUT2D eigenvalue weighted by molar-refractivity contribution is 5.79. The number of rotatable bonds is 6.